The van der Waals surface area contributed by atoms with Crippen molar-refractivity contribution in [3.8, 4) is 45.3 Å². The van der Waals surface area contributed by atoms with Gasteiger partial charge < -0.3 is 8.83 Å². The molecule has 0 aliphatic carbocycles. The van der Waals surface area contributed by atoms with Crippen molar-refractivity contribution in [2.75, 3.05) is 0 Å². The summed E-state index contributed by atoms with van der Waals surface area (Å²) in [7, 11) is 0. The van der Waals surface area contributed by atoms with E-state index in [1.54, 1.807) is 0 Å². The highest BCUT2D eigenvalue weighted by Crippen LogP contribution is 2.38. The topological polar surface area (TPSA) is 65.0 Å². The van der Waals surface area contributed by atoms with Crippen LogP contribution in [0, 0.1) is 0 Å². The van der Waals surface area contributed by atoms with Gasteiger partial charge in [0.2, 0.25) is 0 Å². The summed E-state index contributed by atoms with van der Waals surface area (Å²) in [5.74, 6) is 1.75. The fourth-order valence-corrected chi connectivity index (χ4v) is 6.77. The molecule has 3 aromatic heterocycles. The lowest BCUT2D eigenvalue weighted by Crippen LogP contribution is -2.00. The molecule has 0 unspecified atom stereocenters. The monoisotopic (exact) mass is 615 g/mol. The van der Waals surface area contributed by atoms with Crippen molar-refractivity contribution < 1.29 is 8.83 Å². The summed E-state index contributed by atoms with van der Waals surface area (Å²) in [6.07, 6.45) is 0. The van der Waals surface area contributed by atoms with Gasteiger partial charge in [0, 0.05) is 38.2 Å². The summed E-state index contributed by atoms with van der Waals surface area (Å²) in [4.78, 5) is 15.3. The lowest BCUT2D eigenvalue weighted by Gasteiger charge is -2.10. The van der Waals surface area contributed by atoms with E-state index in [0.29, 0.717) is 17.5 Å². The average Bonchev–Trinajstić information content (AvgIpc) is 3.72. The van der Waals surface area contributed by atoms with Crippen LogP contribution in [-0.4, -0.2) is 15.0 Å². The molecule has 0 atom stereocenters. The molecule has 10 aromatic rings. The molecule has 0 spiro atoms. The van der Waals surface area contributed by atoms with Gasteiger partial charge >= 0.3 is 0 Å². The highest BCUT2D eigenvalue weighted by molar-refractivity contribution is 6.12. The molecule has 5 heteroatoms. The van der Waals surface area contributed by atoms with Crippen LogP contribution in [0.25, 0.3) is 99.9 Å². The standard InChI is InChI=1S/C43H25N3O2/c1-2-9-26(10-3-1)29-20-22-37-35(24-29)32-21-19-31(25-39(32)48-37)42-44-41(30-18-17-27-11-4-5-12-28(27)23-30)45-43(46-42)34-14-8-16-38-40(34)33-13-6-7-15-36(33)47-38/h1-25H. The summed E-state index contributed by atoms with van der Waals surface area (Å²) >= 11 is 0. The molecule has 10 rings (SSSR count). The summed E-state index contributed by atoms with van der Waals surface area (Å²) in [6, 6.07) is 51.7. The first-order valence-electron chi connectivity index (χ1n) is 15.9. The van der Waals surface area contributed by atoms with Gasteiger partial charge in [-0.2, -0.15) is 0 Å². The lowest BCUT2D eigenvalue weighted by atomic mass is 10.0. The third-order valence-corrected chi connectivity index (χ3v) is 9.12. The van der Waals surface area contributed by atoms with Crippen molar-refractivity contribution >= 4 is 54.6 Å². The van der Waals surface area contributed by atoms with Crippen LogP contribution < -0.4 is 0 Å². The van der Waals surface area contributed by atoms with Crippen LogP contribution >= 0.6 is 0 Å². The molecule has 0 bridgehead atoms. The zero-order chi connectivity index (χ0) is 31.6. The van der Waals surface area contributed by atoms with Crippen LogP contribution in [0.2, 0.25) is 0 Å². The smallest absolute Gasteiger partial charge is 0.164 e. The van der Waals surface area contributed by atoms with Crippen molar-refractivity contribution in [3.05, 3.63) is 152 Å². The maximum Gasteiger partial charge on any atom is 0.164 e. The van der Waals surface area contributed by atoms with Crippen molar-refractivity contribution in [3.63, 3.8) is 0 Å². The van der Waals surface area contributed by atoms with Crippen molar-refractivity contribution in [2.45, 2.75) is 0 Å². The predicted molar refractivity (Wildman–Crippen MR) is 194 cm³/mol. The first kappa shape index (κ1) is 26.6. The van der Waals surface area contributed by atoms with E-state index >= 15 is 0 Å². The quantitative estimate of drug-likeness (QED) is 0.197. The van der Waals surface area contributed by atoms with Gasteiger partial charge in [0.15, 0.2) is 17.5 Å². The van der Waals surface area contributed by atoms with Crippen LogP contribution in [0.4, 0.5) is 0 Å². The molecule has 48 heavy (non-hydrogen) atoms. The third-order valence-electron chi connectivity index (χ3n) is 9.12. The van der Waals surface area contributed by atoms with E-state index in [9.17, 15) is 0 Å². The number of para-hydroxylation sites is 1. The summed E-state index contributed by atoms with van der Waals surface area (Å²) in [5.41, 5.74) is 8.22. The number of furan rings is 2. The van der Waals surface area contributed by atoms with Crippen molar-refractivity contribution in [1.82, 2.24) is 15.0 Å². The van der Waals surface area contributed by atoms with Crippen molar-refractivity contribution in [2.24, 2.45) is 0 Å². The highest BCUT2D eigenvalue weighted by Gasteiger charge is 2.19. The minimum absolute atomic E-state index is 0.570. The fourth-order valence-electron chi connectivity index (χ4n) is 6.77. The Morgan fingerprint density at radius 3 is 1.90 bits per heavy atom. The molecule has 224 valence electrons. The Morgan fingerprint density at radius 2 is 1.00 bits per heavy atom. The largest absolute Gasteiger partial charge is 0.456 e. The maximum atomic E-state index is 6.40. The van der Waals surface area contributed by atoms with Gasteiger partial charge in [-0.3, -0.25) is 0 Å². The zero-order valence-electron chi connectivity index (χ0n) is 25.6. The van der Waals surface area contributed by atoms with E-state index in [-0.39, 0.29) is 0 Å². The molecule has 7 aromatic carbocycles. The molecule has 0 aliphatic rings. The van der Waals surface area contributed by atoms with Gasteiger partial charge in [0.25, 0.3) is 0 Å². The second-order valence-electron chi connectivity index (χ2n) is 12.0. The first-order valence-corrected chi connectivity index (χ1v) is 15.9. The normalized spacial score (nSPS) is 11.8. The molecular weight excluding hydrogens is 590 g/mol. The zero-order valence-corrected chi connectivity index (χ0v) is 25.6. The summed E-state index contributed by atoms with van der Waals surface area (Å²) < 4.78 is 12.6. The molecule has 0 fully saturated rings. The number of nitrogens with zero attached hydrogens (tertiary/aromatic N) is 3. The van der Waals surface area contributed by atoms with Gasteiger partial charge in [0.05, 0.1) is 0 Å². The Bertz CT molecular complexity index is 2850. The minimum Gasteiger partial charge on any atom is -0.456 e. The molecule has 3 heterocycles. The van der Waals surface area contributed by atoms with E-state index in [1.807, 2.05) is 60.7 Å². The van der Waals surface area contributed by atoms with Crippen molar-refractivity contribution in [1.29, 1.82) is 0 Å². The van der Waals surface area contributed by atoms with E-state index in [4.69, 9.17) is 23.8 Å². The second kappa shape index (κ2) is 10.5. The molecule has 0 aliphatic heterocycles. The van der Waals surface area contributed by atoms with Gasteiger partial charge in [0.1, 0.15) is 22.3 Å². The molecule has 0 saturated heterocycles. The molecule has 0 amide bonds. The van der Waals surface area contributed by atoms with E-state index < -0.39 is 0 Å². The molecule has 5 nitrogen and oxygen atoms in total. The van der Waals surface area contributed by atoms with Gasteiger partial charge in [-0.1, -0.05) is 109 Å². The van der Waals surface area contributed by atoms with Crippen LogP contribution in [0.3, 0.4) is 0 Å². The number of aromatic nitrogens is 3. The van der Waals surface area contributed by atoms with E-state index in [0.717, 1.165) is 76.9 Å². The maximum absolute atomic E-state index is 6.40. The van der Waals surface area contributed by atoms with Crippen LogP contribution in [-0.2, 0) is 0 Å². The Morgan fingerprint density at radius 1 is 0.333 bits per heavy atom. The van der Waals surface area contributed by atoms with Crippen LogP contribution in [0.15, 0.2) is 160 Å². The number of benzene rings is 7. The minimum atomic E-state index is 0.570. The fraction of sp³-hybridized carbons (Fsp3) is 0. The molecule has 0 radical (unpaired) electrons. The first-order chi connectivity index (χ1) is 23.7. The highest BCUT2D eigenvalue weighted by atomic mass is 16.3. The van der Waals surface area contributed by atoms with E-state index in [2.05, 4.69) is 91.0 Å². The third kappa shape index (κ3) is 4.29. The predicted octanol–water partition coefficient (Wildman–Crippen LogP) is 11.5. The Labute approximate surface area is 274 Å². The number of fused-ring (bicyclic) bond motifs is 7. The Balaban J connectivity index is 1.18. The lowest BCUT2D eigenvalue weighted by molar-refractivity contribution is 0.668. The SMILES string of the molecule is c1ccc(-c2ccc3oc4cc(-c5nc(-c6ccc7ccccc7c6)nc(-c6cccc7oc8ccccc8c67)n5)ccc4c3c2)cc1. The number of hydrogen-bond donors (Lipinski definition) is 0. The van der Waals surface area contributed by atoms with Crippen LogP contribution in [0.1, 0.15) is 0 Å². The average molecular weight is 616 g/mol. The van der Waals surface area contributed by atoms with Gasteiger partial charge in [-0.25, -0.2) is 15.0 Å². The molecular formula is C43H25N3O2. The number of rotatable bonds is 4. The van der Waals surface area contributed by atoms with Crippen LogP contribution in [0.5, 0.6) is 0 Å². The number of hydrogen-bond acceptors (Lipinski definition) is 5. The summed E-state index contributed by atoms with van der Waals surface area (Å²) in [5, 5.41) is 6.42. The van der Waals surface area contributed by atoms with Gasteiger partial charge in [-0.15, -0.1) is 0 Å². The molecule has 0 saturated carbocycles. The Hall–Kier alpha value is -6.59. The summed E-state index contributed by atoms with van der Waals surface area (Å²) in [6.45, 7) is 0. The van der Waals surface area contributed by atoms with E-state index in [1.165, 1.54) is 5.56 Å². The van der Waals surface area contributed by atoms with Gasteiger partial charge in [-0.05, 0) is 64.4 Å². The second-order valence-corrected chi connectivity index (χ2v) is 12.0. The Kier molecular flexibility index (Phi) is 5.81. The molecule has 0 N–H and O–H groups in total.